The SMILES string of the molecule is CS/C(=C\CCCCOS(C)(=O)=O)S(=O)(=O)c1ccc(C)cc1. The third-order valence-electron chi connectivity index (χ3n) is 3.00. The van der Waals surface area contributed by atoms with Gasteiger partial charge in [0.15, 0.2) is 0 Å². The van der Waals surface area contributed by atoms with Crippen molar-refractivity contribution >= 4 is 31.7 Å². The lowest BCUT2D eigenvalue weighted by Gasteiger charge is -2.07. The van der Waals surface area contributed by atoms with Gasteiger partial charge in [0.1, 0.15) is 4.24 Å². The molecule has 130 valence electrons. The molecular weight excluding hydrogens is 356 g/mol. The number of hydrogen-bond acceptors (Lipinski definition) is 6. The number of allylic oxidation sites excluding steroid dienone is 1. The molecule has 1 aromatic rings. The van der Waals surface area contributed by atoms with E-state index in [2.05, 4.69) is 4.18 Å². The van der Waals surface area contributed by atoms with Crippen LogP contribution in [0.2, 0.25) is 0 Å². The fourth-order valence-electron chi connectivity index (χ4n) is 1.81. The molecule has 0 aromatic heterocycles. The molecule has 0 saturated carbocycles. The van der Waals surface area contributed by atoms with Crippen molar-refractivity contribution in [2.45, 2.75) is 31.1 Å². The van der Waals surface area contributed by atoms with Crippen LogP contribution in [0.4, 0.5) is 0 Å². The summed E-state index contributed by atoms with van der Waals surface area (Å²) in [6.07, 6.45) is 6.17. The first-order chi connectivity index (χ1) is 10.7. The van der Waals surface area contributed by atoms with Gasteiger partial charge in [-0.2, -0.15) is 8.42 Å². The highest BCUT2D eigenvalue weighted by atomic mass is 32.3. The smallest absolute Gasteiger partial charge is 0.264 e. The van der Waals surface area contributed by atoms with Gasteiger partial charge in [-0.15, -0.1) is 11.8 Å². The molecule has 1 rings (SSSR count). The van der Waals surface area contributed by atoms with Crippen molar-refractivity contribution in [1.29, 1.82) is 0 Å². The van der Waals surface area contributed by atoms with Crippen molar-refractivity contribution in [3.63, 3.8) is 0 Å². The number of sulfone groups is 1. The lowest BCUT2D eigenvalue weighted by molar-refractivity contribution is 0.312. The van der Waals surface area contributed by atoms with Crippen LogP contribution in [0.5, 0.6) is 0 Å². The lowest BCUT2D eigenvalue weighted by Crippen LogP contribution is -2.04. The van der Waals surface area contributed by atoms with E-state index in [4.69, 9.17) is 0 Å². The van der Waals surface area contributed by atoms with Crippen molar-refractivity contribution in [3.8, 4) is 0 Å². The average Bonchev–Trinajstić information content (AvgIpc) is 2.45. The number of aryl methyl sites for hydroxylation is 1. The number of thioether (sulfide) groups is 1. The maximum atomic E-state index is 12.5. The predicted octanol–water partition coefficient (Wildman–Crippen LogP) is 3.12. The second kappa shape index (κ2) is 8.86. The summed E-state index contributed by atoms with van der Waals surface area (Å²) in [7, 11) is -6.90. The maximum Gasteiger partial charge on any atom is 0.264 e. The highest BCUT2D eigenvalue weighted by molar-refractivity contribution is 8.18. The van der Waals surface area contributed by atoms with Gasteiger partial charge in [-0.3, -0.25) is 4.18 Å². The molecule has 0 N–H and O–H groups in total. The number of unbranched alkanes of at least 4 members (excludes halogenated alkanes) is 2. The quantitative estimate of drug-likeness (QED) is 0.485. The third-order valence-corrected chi connectivity index (χ3v) is 6.92. The molecule has 0 unspecified atom stereocenters. The first kappa shape index (κ1) is 20.2. The molecule has 0 amide bonds. The Hall–Kier alpha value is -0.830. The number of benzene rings is 1. The molecule has 0 spiro atoms. The van der Waals surface area contributed by atoms with Gasteiger partial charge in [0.05, 0.1) is 17.8 Å². The van der Waals surface area contributed by atoms with E-state index in [9.17, 15) is 16.8 Å². The minimum absolute atomic E-state index is 0.117. The van der Waals surface area contributed by atoms with Crippen LogP contribution in [-0.2, 0) is 24.1 Å². The molecule has 0 bridgehead atoms. The molecule has 0 aliphatic carbocycles. The third kappa shape index (κ3) is 7.07. The molecule has 0 aliphatic rings. The Kier molecular flexibility index (Phi) is 7.79. The summed E-state index contributed by atoms with van der Waals surface area (Å²) in [4.78, 5) is 0.282. The highest BCUT2D eigenvalue weighted by Crippen LogP contribution is 2.27. The Morgan fingerprint density at radius 3 is 2.26 bits per heavy atom. The summed E-state index contributed by atoms with van der Waals surface area (Å²) in [5.74, 6) is 0. The summed E-state index contributed by atoms with van der Waals surface area (Å²) in [5.41, 5.74) is 1.00. The minimum Gasteiger partial charge on any atom is -0.270 e. The van der Waals surface area contributed by atoms with E-state index < -0.39 is 20.0 Å². The van der Waals surface area contributed by atoms with Gasteiger partial charge in [0, 0.05) is 0 Å². The second-order valence-corrected chi connectivity index (χ2v) is 9.73. The van der Waals surface area contributed by atoms with Crippen LogP contribution in [0.15, 0.2) is 39.5 Å². The van der Waals surface area contributed by atoms with Crippen molar-refractivity contribution in [2.75, 3.05) is 19.1 Å². The molecule has 0 heterocycles. The Labute approximate surface area is 143 Å². The topological polar surface area (TPSA) is 77.5 Å². The molecular formula is C15H22O5S3. The Bertz CT molecular complexity index is 732. The molecule has 5 nitrogen and oxygen atoms in total. The maximum absolute atomic E-state index is 12.5. The Morgan fingerprint density at radius 2 is 1.74 bits per heavy atom. The van der Waals surface area contributed by atoms with Crippen molar-refractivity contribution in [3.05, 3.63) is 40.1 Å². The van der Waals surface area contributed by atoms with Crippen LogP contribution < -0.4 is 0 Å². The van der Waals surface area contributed by atoms with Crippen LogP contribution in [0, 0.1) is 6.92 Å². The van der Waals surface area contributed by atoms with Gasteiger partial charge in [0.25, 0.3) is 10.1 Å². The van der Waals surface area contributed by atoms with E-state index in [-0.39, 0.29) is 11.5 Å². The summed E-state index contributed by atoms with van der Waals surface area (Å²) in [6, 6.07) is 6.75. The largest absolute Gasteiger partial charge is 0.270 e. The molecule has 0 fully saturated rings. The standard InChI is InChI=1S/C15H22O5S3/c1-13-8-10-14(11-9-13)23(18,19)15(21-2)7-5-4-6-12-20-22(3,16)17/h7-11H,4-6,12H2,1-3H3/b15-7+. The van der Waals surface area contributed by atoms with Gasteiger partial charge in [-0.1, -0.05) is 23.8 Å². The fourth-order valence-corrected chi connectivity index (χ4v) is 4.75. The van der Waals surface area contributed by atoms with Crippen molar-refractivity contribution in [1.82, 2.24) is 0 Å². The molecule has 8 heteroatoms. The van der Waals surface area contributed by atoms with E-state index in [1.165, 1.54) is 11.8 Å². The van der Waals surface area contributed by atoms with Crippen LogP contribution in [0.25, 0.3) is 0 Å². The van der Waals surface area contributed by atoms with Gasteiger partial charge < -0.3 is 0 Å². The van der Waals surface area contributed by atoms with Crippen molar-refractivity contribution < 1.29 is 21.0 Å². The van der Waals surface area contributed by atoms with Crippen LogP contribution in [0.1, 0.15) is 24.8 Å². The Balaban J connectivity index is 2.66. The predicted molar refractivity (Wildman–Crippen MR) is 94.6 cm³/mol. The molecule has 23 heavy (non-hydrogen) atoms. The molecule has 0 aliphatic heterocycles. The number of rotatable bonds is 9. The zero-order chi connectivity index (χ0) is 17.5. The summed E-state index contributed by atoms with van der Waals surface area (Å²) in [5, 5.41) is 0. The van der Waals surface area contributed by atoms with E-state index in [1.54, 1.807) is 36.6 Å². The fraction of sp³-hybridized carbons (Fsp3) is 0.467. The van der Waals surface area contributed by atoms with Gasteiger partial charge in [0.2, 0.25) is 9.84 Å². The van der Waals surface area contributed by atoms with Gasteiger partial charge in [-0.05, 0) is 44.6 Å². The van der Waals surface area contributed by atoms with Gasteiger partial charge >= 0.3 is 0 Å². The summed E-state index contributed by atoms with van der Waals surface area (Å²) in [6.45, 7) is 2.02. The Morgan fingerprint density at radius 1 is 1.13 bits per heavy atom. The zero-order valence-electron chi connectivity index (χ0n) is 13.5. The zero-order valence-corrected chi connectivity index (χ0v) is 15.9. The normalized spacial score (nSPS) is 13.3. The number of hydrogen-bond donors (Lipinski definition) is 0. The lowest BCUT2D eigenvalue weighted by atomic mass is 10.2. The van der Waals surface area contributed by atoms with Crippen LogP contribution in [0.3, 0.4) is 0 Å². The van der Waals surface area contributed by atoms with Crippen molar-refractivity contribution in [2.24, 2.45) is 0 Å². The van der Waals surface area contributed by atoms with E-state index in [0.717, 1.165) is 11.8 Å². The molecule has 0 saturated heterocycles. The van der Waals surface area contributed by atoms with Gasteiger partial charge in [-0.25, -0.2) is 8.42 Å². The van der Waals surface area contributed by atoms with E-state index >= 15 is 0 Å². The first-order valence-corrected chi connectivity index (χ1v) is 11.6. The molecule has 0 atom stereocenters. The second-order valence-electron chi connectivity index (χ2n) is 5.07. The molecule has 0 radical (unpaired) electrons. The highest BCUT2D eigenvalue weighted by Gasteiger charge is 2.19. The minimum atomic E-state index is -3.49. The molecule has 1 aromatic carbocycles. The monoisotopic (exact) mass is 378 g/mol. The van der Waals surface area contributed by atoms with Crippen LogP contribution in [-0.4, -0.2) is 36.0 Å². The summed E-state index contributed by atoms with van der Waals surface area (Å²) < 4.78 is 51.6. The average molecular weight is 379 g/mol. The first-order valence-electron chi connectivity index (χ1n) is 7.07. The van der Waals surface area contributed by atoms with Crippen LogP contribution >= 0.6 is 11.8 Å². The van der Waals surface area contributed by atoms with E-state index in [0.29, 0.717) is 23.5 Å². The van der Waals surface area contributed by atoms with E-state index in [1.807, 2.05) is 6.92 Å². The summed E-state index contributed by atoms with van der Waals surface area (Å²) >= 11 is 1.19.